The molecule has 0 atom stereocenters. The molecule has 0 aliphatic rings. The third-order valence-electron chi connectivity index (χ3n) is 11.1. The Labute approximate surface area is 363 Å². The summed E-state index contributed by atoms with van der Waals surface area (Å²) in [5.74, 6) is 0. The highest BCUT2D eigenvalue weighted by Gasteiger charge is 2.24. The summed E-state index contributed by atoms with van der Waals surface area (Å²) in [4.78, 5) is 0. The van der Waals surface area contributed by atoms with Crippen LogP contribution in [0.5, 0.6) is 0 Å². The summed E-state index contributed by atoms with van der Waals surface area (Å²) in [6.07, 6.45) is 7.19. The molecule has 0 bridgehead atoms. The van der Waals surface area contributed by atoms with E-state index in [2.05, 4.69) is 252 Å². The maximum Gasteiger partial charge on any atom is 0.0149 e. The van der Waals surface area contributed by atoms with E-state index in [9.17, 15) is 0 Å². The molecular formula is C60H66. The minimum atomic E-state index is 0.0668. The van der Waals surface area contributed by atoms with Gasteiger partial charge in [0.25, 0.3) is 0 Å². The van der Waals surface area contributed by atoms with Gasteiger partial charge >= 0.3 is 0 Å². The molecule has 7 rings (SSSR count). The Hall–Kier alpha value is -6.24. The van der Waals surface area contributed by atoms with Crippen LogP contribution in [-0.2, 0) is 5.41 Å². The fraction of sp³-hybridized carbons (Fsp3) is 0.200. The predicted octanol–water partition coefficient (Wildman–Crippen LogP) is 17.4. The summed E-state index contributed by atoms with van der Waals surface area (Å²) in [6, 6.07) is 62.0. The fourth-order valence-corrected chi connectivity index (χ4v) is 7.40. The molecule has 0 fully saturated rings. The van der Waals surface area contributed by atoms with Crippen molar-refractivity contribution in [3.8, 4) is 22.3 Å². The van der Waals surface area contributed by atoms with Crippen LogP contribution in [0.3, 0.4) is 0 Å². The highest BCUT2D eigenvalue weighted by atomic mass is 14.3. The van der Waals surface area contributed by atoms with Crippen molar-refractivity contribution in [2.24, 2.45) is 0 Å². The normalized spacial score (nSPS) is 11.2. The van der Waals surface area contributed by atoms with Gasteiger partial charge in [0, 0.05) is 5.41 Å². The van der Waals surface area contributed by atoms with Crippen molar-refractivity contribution in [2.45, 2.75) is 81.1 Å². The van der Waals surface area contributed by atoms with Gasteiger partial charge in [-0.1, -0.05) is 238 Å². The lowest BCUT2D eigenvalue weighted by atomic mass is 9.76. The van der Waals surface area contributed by atoms with Crippen molar-refractivity contribution in [2.75, 3.05) is 0 Å². The summed E-state index contributed by atoms with van der Waals surface area (Å²) in [7, 11) is 0. The zero-order valence-electron chi connectivity index (χ0n) is 37.9. The van der Waals surface area contributed by atoms with Crippen molar-refractivity contribution in [1.82, 2.24) is 0 Å². The zero-order chi connectivity index (χ0) is 43.5. The molecule has 0 nitrogen and oxygen atoms in total. The van der Waals surface area contributed by atoms with Crippen LogP contribution in [0.1, 0.15) is 91.1 Å². The fourth-order valence-electron chi connectivity index (χ4n) is 7.40. The SMILES string of the molecule is C=C/C=C(\C)c1cccc(/C(=C/C)CC)c1C.Cc1ccc(-c2ccccc2)cc1.Cc1ccc(-c2ccccc2)cc1.Cc1ccc(C)c(C(C)(C)c2ccccc2)c1. The molecule has 0 saturated heterocycles. The Morgan fingerprint density at radius 3 is 1.40 bits per heavy atom. The van der Waals surface area contributed by atoms with Gasteiger partial charge in [-0.3, -0.25) is 0 Å². The molecule has 306 valence electrons. The van der Waals surface area contributed by atoms with E-state index in [1.54, 1.807) is 0 Å². The quantitative estimate of drug-likeness (QED) is 0.135. The molecule has 0 aromatic heterocycles. The van der Waals surface area contributed by atoms with Gasteiger partial charge in [-0.05, 0) is 122 Å². The Morgan fingerprint density at radius 1 is 0.517 bits per heavy atom. The predicted molar refractivity (Wildman–Crippen MR) is 267 cm³/mol. The molecule has 0 N–H and O–H groups in total. The van der Waals surface area contributed by atoms with Gasteiger partial charge < -0.3 is 0 Å². The lowest BCUT2D eigenvalue weighted by Crippen LogP contribution is -2.20. The number of rotatable bonds is 8. The lowest BCUT2D eigenvalue weighted by Gasteiger charge is -2.28. The van der Waals surface area contributed by atoms with Gasteiger partial charge in [0.05, 0.1) is 0 Å². The van der Waals surface area contributed by atoms with E-state index >= 15 is 0 Å². The Balaban J connectivity index is 0.000000178. The first-order valence-corrected chi connectivity index (χ1v) is 21.3. The minimum Gasteiger partial charge on any atom is -0.0991 e. The highest BCUT2D eigenvalue weighted by Crippen LogP contribution is 2.34. The van der Waals surface area contributed by atoms with Crippen molar-refractivity contribution in [3.63, 3.8) is 0 Å². The van der Waals surface area contributed by atoms with Crippen molar-refractivity contribution < 1.29 is 0 Å². The monoisotopic (exact) mass is 787 g/mol. The summed E-state index contributed by atoms with van der Waals surface area (Å²) >= 11 is 0. The maximum absolute atomic E-state index is 3.76. The molecule has 7 aromatic rings. The van der Waals surface area contributed by atoms with Gasteiger partial charge in [0.15, 0.2) is 0 Å². The Morgan fingerprint density at radius 2 is 0.950 bits per heavy atom. The van der Waals surface area contributed by atoms with E-state index in [4.69, 9.17) is 0 Å². The van der Waals surface area contributed by atoms with E-state index in [0.29, 0.717) is 0 Å². The van der Waals surface area contributed by atoms with Gasteiger partial charge in [0.1, 0.15) is 0 Å². The van der Waals surface area contributed by atoms with Crippen LogP contribution in [0, 0.1) is 34.6 Å². The largest absolute Gasteiger partial charge is 0.0991 e. The Kier molecular flexibility index (Phi) is 18.1. The van der Waals surface area contributed by atoms with Crippen LogP contribution in [0.4, 0.5) is 0 Å². The van der Waals surface area contributed by atoms with Crippen LogP contribution >= 0.6 is 0 Å². The van der Waals surface area contributed by atoms with Crippen molar-refractivity contribution in [3.05, 3.63) is 251 Å². The first kappa shape index (κ1) is 46.4. The average Bonchev–Trinajstić information content (AvgIpc) is 3.27. The van der Waals surface area contributed by atoms with Crippen LogP contribution in [-0.4, -0.2) is 0 Å². The van der Waals surface area contributed by atoms with Crippen LogP contribution < -0.4 is 0 Å². The second-order valence-corrected chi connectivity index (χ2v) is 16.0. The summed E-state index contributed by atoms with van der Waals surface area (Å²) in [5.41, 5.74) is 20.0. The molecular weight excluding hydrogens is 721 g/mol. The smallest absolute Gasteiger partial charge is 0.0149 e. The number of allylic oxidation sites excluding steroid dienone is 5. The van der Waals surface area contributed by atoms with E-state index < -0.39 is 0 Å². The van der Waals surface area contributed by atoms with Gasteiger partial charge in [-0.15, -0.1) is 0 Å². The molecule has 0 radical (unpaired) electrons. The molecule has 0 aliphatic heterocycles. The molecule has 0 heteroatoms. The number of aryl methyl sites for hydroxylation is 4. The number of benzene rings is 7. The van der Waals surface area contributed by atoms with Gasteiger partial charge in [-0.2, -0.15) is 0 Å². The molecule has 0 amide bonds. The molecule has 7 aromatic carbocycles. The van der Waals surface area contributed by atoms with E-state index in [1.807, 2.05) is 18.2 Å². The van der Waals surface area contributed by atoms with Crippen LogP contribution in [0.2, 0.25) is 0 Å². The molecule has 0 spiro atoms. The molecule has 0 aliphatic carbocycles. The third kappa shape index (κ3) is 13.4. The van der Waals surface area contributed by atoms with Crippen LogP contribution in [0.25, 0.3) is 33.4 Å². The first-order valence-electron chi connectivity index (χ1n) is 21.3. The van der Waals surface area contributed by atoms with Gasteiger partial charge in [0.2, 0.25) is 0 Å². The first-order chi connectivity index (χ1) is 28.9. The van der Waals surface area contributed by atoms with Crippen molar-refractivity contribution in [1.29, 1.82) is 0 Å². The zero-order valence-corrected chi connectivity index (χ0v) is 37.9. The van der Waals surface area contributed by atoms with Crippen LogP contribution in [0.15, 0.2) is 201 Å². The second kappa shape index (κ2) is 23.4. The third-order valence-corrected chi connectivity index (χ3v) is 11.1. The van der Waals surface area contributed by atoms with E-state index in [-0.39, 0.29) is 5.41 Å². The maximum atomic E-state index is 3.76. The molecule has 0 saturated carbocycles. The average molecular weight is 787 g/mol. The summed E-state index contributed by atoms with van der Waals surface area (Å²) < 4.78 is 0. The second-order valence-electron chi connectivity index (χ2n) is 16.0. The minimum absolute atomic E-state index is 0.0668. The van der Waals surface area contributed by atoms with Gasteiger partial charge in [-0.25, -0.2) is 0 Å². The molecule has 60 heavy (non-hydrogen) atoms. The Bertz CT molecular complexity index is 2300. The summed E-state index contributed by atoms with van der Waals surface area (Å²) in [6.45, 7) is 25.6. The highest BCUT2D eigenvalue weighted by molar-refractivity contribution is 5.76. The van der Waals surface area contributed by atoms with Crippen molar-refractivity contribution >= 4 is 11.1 Å². The topological polar surface area (TPSA) is 0 Å². The lowest BCUT2D eigenvalue weighted by molar-refractivity contribution is 0.635. The summed E-state index contributed by atoms with van der Waals surface area (Å²) in [5, 5.41) is 0. The number of hydrogen-bond acceptors (Lipinski definition) is 0. The standard InChI is InChI=1S/C17H20.C17H22.2C13H12/c1-13-10-11-14(2)16(12-13)17(3,4)15-8-6-5-7-9-15;1-6-10-13(4)16-11-9-12-17(14(16)5)15(7-2)8-3;2*1-11-7-9-13(10-8-11)12-5-3-2-4-6-12/h5-12H,1-4H3;6-7,9-12H,1,8H2,2-5H3;2*2-10H,1H3/b;13-10+,15-7+;;. The van der Waals surface area contributed by atoms with E-state index in [0.717, 1.165) is 6.42 Å². The molecule has 0 heterocycles. The molecule has 0 unspecified atom stereocenters. The number of hydrogen-bond donors (Lipinski definition) is 0. The van der Waals surface area contributed by atoms with E-state index in [1.165, 1.54) is 83.5 Å².